The van der Waals surface area contributed by atoms with E-state index in [4.69, 9.17) is 0 Å². The molecule has 2 N–H and O–H groups in total. The largest absolute Gasteiger partial charge is 0.355 e. The Balaban J connectivity index is 1.66. The molecule has 1 aliphatic heterocycles. The highest BCUT2D eigenvalue weighted by molar-refractivity contribution is 7.88. The second-order valence-corrected chi connectivity index (χ2v) is 10.3. The summed E-state index contributed by atoms with van der Waals surface area (Å²) in [5.74, 6) is 0.485. The van der Waals surface area contributed by atoms with Crippen LogP contribution in [0.5, 0.6) is 0 Å². The second kappa shape index (κ2) is 9.78. The lowest BCUT2D eigenvalue weighted by atomic mass is 9.88. The number of fused-ring (bicyclic) bond motifs is 1. The minimum absolute atomic E-state index is 0.0477. The van der Waals surface area contributed by atoms with Gasteiger partial charge in [0.05, 0.1) is 6.26 Å². The van der Waals surface area contributed by atoms with Crippen LogP contribution in [0.2, 0.25) is 0 Å². The molecule has 8 nitrogen and oxygen atoms in total. The number of rotatable bonds is 6. The molecule has 1 aromatic rings. The average Bonchev–Trinajstić information content (AvgIpc) is 3.18. The number of carbonyl (C=O) groups excluding carboxylic acids is 1. The van der Waals surface area contributed by atoms with E-state index < -0.39 is 10.0 Å². The lowest BCUT2D eigenvalue weighted by Crippen LogP contribution is -2.50. The van der Waals surface area contributed by atoms with E-state index in [9.17, 15) is 13.2 Å². The molecule has 2 atom stereocenters. The van der Waals surface area contributed by atoms with Gasteiger partial charge in [0.25, 0.3) is 0 Å². The number of nitrogens with one attached hydrogen (secondary N) is 2. The van der Waals surface area contributed by atoms with Crippen LogP contribution in [0.1, 0.15) is 30.4 Å². The summed E-state index contributed by atoms with van der Waals surface area (Å²) in [6.45, 7) is 1.08. The van der Waals surface area contributed by atoms with Crippen molar-refractivity contribution in [3.63, 3.8) is 0 Å². The third-order valence-corrected chi connectivity index (χ3v) is 7.15. The highest BCUT2D eigenvalue weighted by Crippen LogP contribution is 2.21. The molecule has 1 aromatic carbocycles. The number of aliphatic imine (C=N–C) groups is 1. The Kier molecular flexibility index (Phi) is 7.36. The van der Waals surface area contributed by atoms with Crippen LogP contribution in [-0.2, 0) is 27.7 Å². The Hall–Kier alpha value is -2.13. The number of aryl methyl sites for hydroxylation is 1. The summed E-state index contributed by atoms with van der Waals surface area (Å²) in [5.41, 5.74) is 2.73. The molecular formula is C21H33N5O3S. The zero-order chi connectivity index (χ0) is 21.7. The molecule has 30 heavy (non-hydrogen) atoms. The van der Waals surface area contributed by atoms with Gasteiger partial charge in [0, 0.05) is 39.3 Å². The van der Waals surface area contributed by atoms with Gasteiger partial charge >= 0.3 is 0 Å². The van der Waals surface area contributed by atoms with Crippen molar-refractivity contribution in [1.29, 1.82) is 0 Å². The van der Waals surface area contributed by atoms with Crippen LogP contribution in [0.3, 0.4) is 0 Å². The van der Waals surface area contributed by atoms with Gasteiger partial charge in [0.1, 0.15) is 6.54 Å². The minimum Gasteiger partial charge on any atom is -0.355 e. The van der Waals surface area contributed by atoms with E-state index >= 15 is 0 Å². The van der Waals surface area contributed by atoms with Crippen LogP contribution in [0.4, 0.5) is 0 Å². The quantitative estimate of drug-likeness (QED) is 0.504. The van der Waals surface area contributed by atoms with Gasteiger partial charge in [0.15, 0.2) is 5.96 Å². The third-order valence-electron chi connectivity index (χ3n) is 5.81. The van der Waals surface area contributed by atoms with Crippen LogP contribution >= 0.6 is 0 Å². The van der Waals surface area contributed by atoms with E-state index in [1.807, 2.05) is 0 Å². The fourth-order valence-electron chi connectivity index (χ4n) is 4.12. The molecule has 166 valence electrons. The smallest absolute Gasteiger partial charge is 0.243 e. The van der Waals surface area contributed by atoms with Crippen molar-refractivity contribution in [3.05, 3.63) is 35.4 Å². The molecule has 1 amide bonds. The Labute approximate surface area is 179 Å². The molecular weight excluding hydrogens is 402 g/mol. The second-order valence-electron chi connectivity index (χ2n) is 8.36. The van der Waals surface area contributed by atoms with E-state index in [-0.39, 0.29) is 24.5 Å². The lowest BCUT2D eigenvalue weighted by Gasteiger charge is -2.28. The first-order valence-electron chi connectivity index (χ1n) is 10.5. The van der Waals surface area contributed by atoms with Crippen LogP contribution in [-0.4, -0.2) is 81.6 Å². The normalized spacial score (nSPS) is 22.4. The van der Waals surface area contributed by atoms with Gasteiger partial charge < -0.3 is 15.5 Å². The first-order chi connectivity index (χ1) is 14.2. The van der Waals surface area contributed by atoms with Crippen molar-refractivity contribution < 1.29 is 13.2 Å². The summed E-state index contributed by atoms with van der Waals surface area (Å²) < 4.78 is 25.6. The SMILES string of the molecule is CN(C)C(=O)CN=C(NC[C@H]1CCCN1S(C)(=O)=O)NC1CCc2ccccc2C1. The van der Waals surface area contributed by atoms with Crippen molar-refractivity contribution >= 4 is 21.9 Å². The Morgan fingerprint density at radius 3 is 2.67 bits per heavy atom. The van der Waals surface area contributed by atoms with E-state index in [0.717, 1.165) is 32.1 Å². The molecule has 0 radical (unpaired) electrons. The van der Waals surface area contributed by atoms with Crippen molar-refractivity contribution in [1.82, 2.24) is 19.8 Å². The summed E-state index contributed by atoms with van der Waals surface area (Å²) in [4.78, 5) is 18.0. The molecule has 1 fully saturated rings. The highest BCUT2D eigenvalue weighted by atomic mass is 32.2. The number of guanidine groups is 1. The molecule has 0 spiro atoms. The van der Waals surface area contributed by atoms with Gasteiger partial charge in [-0.1, -0.05) is 24.3 Å². The number of hydrogen-bond donors (Lipinski definition) is 2. The standard InChI is InChI=1S/C21H33N5O3S/c1-25(2)20(27)15-23-21(22-14-19-9-6-12-26(19)30(3,28)29)24-18-11-10-16-7-4-5-8-17(16)13-18/h4-5,7-8,18-19H,6,9-15H2,1-3H3,(H2,22,23,24)/t18?,19-/m1/s1. The molecule has 0 bridgehead atoms. The number of likely N-dealkylation sites (N-methyl/N-ethyl adjacent to an activating group) is 1. The summed E-state index contributed by atoms with van der Waals surface area (Å²) in [7, 11) is 0.190. The predicted octanol–water partition coefficient (Wildman–Crippen LogP) is 0.591. The van der Waals surface area contributed by atoms with Crippen LogP contribution in [0.15, 0.2) is 29.3 Å². The number of amides is 1. The van der Waals surface area contributed by atoms with Crippen molar-refractivity contribution in [2.75, 3.05) is 40.0 Å². The Morgan fingerprint density at radius 1 is 1.23 bits per heavy atom. The monoisotopic (exact) mass is 435 g/mol. The zero-order valence-electron chi connectivity index (χ0n) is 18.1. The van der Waals surface area contributed by atoms with Crippen LogP contribution in [0.25, 0.3) is 0 Å². The average molecular weight is 436 g/mol. The van der Waals surface area contributed by atoms with Crippen molar-refractivity contribution in [3.8, 4) is 0 Å². The number of nitrogens with zero attached hydrogens (tertiary/aromatic N) is 3. The van der Waals surface area contributed by atoms with Gasteiger partial charge in [-0.25, -0.2) is 13.4 Å². The molecule has 1 heterocycles. The molecule has 0 saturated carbocycles. The first kappa shape index (κ1) is 22.6. The summed E-state index contributed by atoms with van der Waals surface area (Å²) >= 11 is 0. The maximum atomic E-state index is 12.0. The topological polar surface area (TPSA) is 94.1 Å². The maximum absolute atomic E-state index is 12.0. The first-order valence-corrected chi connectivity index (χ1v) is 12.4. The molecule has 1 saturated heterocycles. The molecule has 1 aliphatic carbocycles. The fraction of sp³-hybridized carbons (Fsp3) is 0.619. The van der Waals surface area contributed by atoms with E-state index in [1.54, 1.807) is 18.4 Å². The highest BCUT2D eigenvalue weighted by Gasteiger charge is 2.31. The summed E-state index contributed by atoms with van der Waals surface area (Å²) in [6.07, 6.45) is 5.82. The van der Waals surface area contributed by atoms with E-state index in [2.05, 4.69) is 39.9 Å². The molecule has 2 aliphatic rings. The minimum atomic E-state index is -3.22. The van der Waals surface area contributed by atoms with E-state index in [0.29, 0.717) is 19.0 Å². The Morgan fingerprint density at radius 2 is 1.97 bits per heavy atom. The van der Waals surface area contributed by atoms with Gasteiger partial charge in [-0.3, -0.25) is 4.79 Å². The fourth-order valence-corrected chi connectivity index (χ4v) is 5.30. The van der Waals surface area contributed by atoms with Crippen molar-refractivity contribution in [2.45, 2.75) is 44.2 Å². The third kappa shape index (κ3) is 5.95. The predicted molar refractivity (Wildman–Crippen MR) is 119 cm³/mol. The maximum Gasteiger partial charge on any atom is 0.243 e. The van der Waals surface area contributed by atoms with Gasteiger partial charge in [-0.05, 0) is 43.2 Å². The number of carbonyl (C=O) groups is 1. The van der Waals surface area contributed by atoms with E-state index in [1.165, 1.54) is 22.3 Å². The molecule has 0 aromatic heterocycles. The molecule has 9 heteroatoms. The van der Waals surface area contributed by atoms with Crippen molar-refractivity contribution in [2.24, 2.45) is 4.99 Å². The van der Waals surface area contributed by atoms with Gasteiger partial charge in [-0.15, -0.1) is 0 Å². The Bertz CT molecular complexity index is 884. The van der Waals surface area contributed by atoms with Crippen LogP contribution in [0, 0.1) is 0 Å². The van der Waals surface area contributed by atoms with Gasteiger partial charge in [-0.2, -0.15) is 4.31 Å². The number of sulfonamides is 1. The zero-order valence-corrected chi connectivity index (χ0v) is 18.9. The van der Waals surface area contributed by atoms with Gasteiger partial charge in [0.2, 0.25) is 15.9 Å². The molecule has 3 rings (SSSR count). The number of benzene rings is 1. The number of hydrogen-bond acceptors (Lipinski definition) is 4. The molecule has 1 unspecified atom stereocenters. The summed E-state index contributed by atoms with van der Waals surface area (Å²) in [5, 5.41) is 6.76. The van der Waals surface area contributed by atoms with Crippen LogP contribution < -0.4 is 10.6 Å². The summed E-state index contributed by atoms with van der Waals surface area (Å²) in [6, 6.07) is 8.59. The lowest BCUT2D eigenvalue weighted by molar-refractivity contribution is -0.127.